The normalized spacial score (nSPS) is 10.7. The number of hydrazone groups is 1. The number of benzene rings is 2. The van der Waals surface area contributed by atoms with Gasteiger partial charge >= 0.3 is 0 Å². The number of methoxy groups -OCH3 is 1. The van der Waals surface area contributed by atoms with Crippen molar-refractivity contribution in [1.82, 2.24) is 4.98 Å². The smallest absolute Gasteiger partial charge is 0.271 e. The van der Waals surface area contributed by atoms with E-state index in [1.165, 1.54) is 18.2 Å². The lowest BCUT2D eigenvalue weighted by Gasteiger charge is -2.04. The number of non-ortho nitro benzene ring substituents is 1. The number of anilines is 2. The van der Waals surface area contributed by atoms with Gasteiger partial charge in [0.2, 0.25) is 5.13 Å². The molecule has 1 aromatic heterocycles. The molecule has 0 radical (unpaired) electrons. The molecule has 3 aromatic rings. The van der Waals surface area contributed by atoms with Crippen LogP contribution in [0.2, 0.25) is 0 Å². The summed E-state index contributed by atoms with van der Waals surface area (Å²) >= 11 is 1.15. The molecular weight excluding hydrogens is 486 g/mol. The van der Waals surface area contributed by atoms with Gasteiger partial charge in [0.1, 0.15) is 10.6 Å². The molecule has 2 aromatic carbocycles. The van der Waals surface area contributed by atoms with Gasteiger partial charge in [-0.3, -0.25) is 20.3 Å². The summed E-state index contributed by atoms with van der Waals surface area (Å²) in [5, 5.41) is 18.3. The maximum absolute atomic E-state index is 12.6. The van der Waals surface area contributed by atoms with Gasteiger partial charge in [0.05, 0.1) is 23.4 Å². The van der Waals surface area contributed by atoms with Crippen molar-refractivity contribution < 1.29 is 14.5 Å². The van der Waals surface area contributed by atoms with Crippen LogP contribution in [0.4, 0.5) is 16.5 Å². The molecule has 3 rings (SSSR count). The second kappa shape index (κ2) is 10.6. The fourth-order valence-corrected chi connectivity index (χ4v) is 3.37. The molecule has 11 heteroatoms. The summed E-state index contributed by atoms with van der Waals surface area (Å²) in [6.45, 7) is 3.56. The lowest BCUT2D eigenvalue weighted by atomic mass is 10.1. The second-order valence-corrected chi connectivity index (χ2v) is 7.23. The number of nitro groups is 1. The van der Waals surface area contributed by atoms with Crippen LogP contribution in [-0.4, -0.2) is 28.6 Å². The van der Waals surface area contributed by atoms with Crippen LogP contribution in [-0.2, 0) is 0 Å². The fraction of sp³-hybridized carbons (Fsp3) is 0.150. The Hall–Kier alpha value is -3.31. The molecule has 0 unspecified atom stereocenters. The lowest BCUT2D eigenvalue weighted by molar-refractivity contribution is -0.384. The number of nitrogens with zero attached hydrogens (tertiary/aromatic N) is 3. The predicted octanol–water partition coefficient (Wildman–Crippen LogP) is 5.03. The first kappa shape index (κ1) is 24.0. The Morgan fingerprint density at radius 2 is 1.94 bits per heavy atom. The summed E-state index contributed by atoms with van der Waals surface area (Å²) < 4.78 is 5.14. The van der Waals surface area contributed by atoms with Crippen molar-refractivity contribution in [2.24, 2.45) is 5.10 Å². The summed E-state index contributed by atoms with van der Waals surface area (Å²) in [5.74, 6) is 0.365. The minimum atomic E-state index is -0.515. The van der Waals surface area contributed by atoms with Crippen molar-refractivity contribution in [3.05, 3.63) is 74.8 Å². The van der Waals surface area contributed by atoms with Crippen molar-refractivity contribution >= 4 is 56.4 Å². The van der Waals surface area contributed by atoms with Crippen LogP contribution in [0.5, 0.6) is 5.75 Å². The maximum atomic E-state index is 12.6. The van der Waals surface area contributed by atoms with Gasteiger partial charge in [0, 0.05) is 17.8 Å². The molecule has 9 nitrogen and oxygen atoms in total. The van der Waals surface area contributed by atoms with E-state index in [0.29, 0.717) is 21.4 Å². The molecule has 0 aliphatic heterocycles. The Balaban J connectivity index is 0.00000341. The number of hydrogen-bond acceptors (Lipinski definition) is 8. The fourth-order valence-electron chi connectivity index (χ4n) is 2.57. The Bertz CT molecular complexity index is 1120. The van der Waals surface area contributed by atoms with E-state index in [0.717, 1.165) is 28.4 Å². The van der Waals surface area contributed by atoms with Gasteiger partial charge in [-0.15, -0.1) is 17.0 Å². The number of nitro benzene ring substituents is 1. The molecule has 0 saturated carbocycles. The Kier molecular flexibility index (Phi) is 8.22. The zero-order valence-corrected chi connectivity index (χ0v) is 19.4. The molecule has 0 aliphatic rings. The van der Waals surface area contributed by atoms with Crippen LogP contribution >= 0.6 is 28.3 Å². The molecule has 0 saturated heterocycles. The van der Waals surface area contributed by atoms with Crippen molar-refractivity contribution in [3.63, 3.8) is 0 Å². The van der Waals surface area contributed by atoms with E-state index >= 15 is 0 Å². The number of rotatable bonds is 7. The average molecular weight is 506 g/mol. The number of nitrogens with one attached hydrogen (secondary N) is 2. The van der Waals surface area contributed by atoms with Crippen LogP contribution < -0.4 is 15.5 Å². The van der Waals surface area contributed by atoms with Gasteiger partial charge in [-0.05, 0) is 49.7 Å². The first-order valence-electron chi connectivity index (χ1n) is 8.85. The molecule has 0 bridgehead atoms. The monoisotopic (exact) mass is 505 g/mol. The number of thiazole rings is 1. The topological polar surface area (TPSA) is 119 Å². The minimum Gasteiger partial charge on any atom is -0.497 e. The van der Waals surface area contributed by atoms with Gasteiger partial charge in [-0.25, -0.2) is 4.98 Å². The zero-order chi connectivity index (χ0) is 21.7. The molecule has 1 amide bonds. The van der Waals surface area contributed by atoms with E-state index in [2.05, 4.69) is 20.8 Å². The third-order valence-electron chi connectivity index (χ3n) is 4.14. The van der Waals surface area contributed by atoms with Crippen LogP contribution in [0.3, 0.4) is 0 Å². The zero-order valence-electron chi connectivity index (χ0n) is 16.9. The third kappa shape index (κ3) is 6.09. The van der Waals surface area contributed by atoms with Crippen LogP contribution in [0, 0.1) is 17.0 Å². The molecule has 0 aliphatic carbocycles. The van der Waals surface area contributed by atoms with E-state index in [1.54, 1.807) is 20.1 Å². The highest BCUT2D eigenvalue weighted by Crippen LogP contribution is 2.25. The quantitative estimate of drug-likeness (QED) is 0.264. The first-order chi connectivity index (χ1) is 14.4. The second-order valence-electron chi connectivity index (χ2n) is 6.23. The van der Waals surface area contributed by atoms with Crippen LogP contribution in [0.1, 0.15) is 27.9 Å². The SMILES string of the molecule is Br.COc1ccc(/C(C)=N/Nc2nc(C)c(C(=O)Nc3cccc([N+](=O)[O-])c3)s2)cc1. The highest BCUT2D eigenvalue weighted by atomic mass is 79.9. The average Bonchev–Trinajstić information content (AvgIpc) is 3.13. The maximum Gasteiger partial charge on any atom is 0.271 e. The van der Waals surface area contributed by atoms with Gasteiger partial charge in [-0.2, -0.15) is 5.10 Å². The predicted molar refractivity (Wildman–Crippen MR) is 127 cm³/mol. The highest BCUT2D eigenvalue weighted by molar-refractivity contribution is 8.93. The van der Waals surface area contributed by atoms with E-state index in [9.17, 15) is 14.9 Å². The standard InChI is InChI=1S/C20H19N5O4S.BrH/c1-12(14-7-9-17(29-3)10-8-14)23-24-20-21-13(2)18(30-20)19(26)22-15-5-4-6-16(11-15)25(27)28;/h4-11H,1-3H3,(H,21,24)(H,22,26);1H/b23-12+;. The number of carbonyl (C=O) groups excluding carboxylic acids is 1. The summed E-state index contributed by atoms with van der Waals surface area (Å²) in [6, 6.07) is 13.2. The largest absolute Gasteiger partial charge is 0.497 e. The molecule has 2 N–H and O–H groups in total. The van der Waals surface area contributed by atoms with Crippen LogP contribution in [0.25, 0.3) is 0 Å². The molecule has 31 heavy (non-hydrogen) atoms. The number of halogens is 1. The Morgan fingerprint density at radius 1 is 1.23 bits per heavy atom. The van der Waals surface area contributed by atoms with Gasteiger partial charge in [0.25, 0.3) is 11.6 Å². The molecule has 1 heterocycles. The van der Waals surface area contributed by atoms with Gasteiger partial charge in [-0.1, -0.05) is 17.4 Å². The molecule has 0 atom stereocenters. The van der Waals surface area contributed by atoms with E-state index in [4.69, 9.17) is 4.74 Å². The number of carbonyl (C=O) groups is 1. The number of aryl methyl sites for hydroxylation is 1. The number of aromatic nitrogens is 1. The van der Waals surface area contributed by atoms with Gasteiger partial charge < -0.3 is 10.1 Å². The van der Waals surface area contributed by atoms with Crippen molar-refractivity contribution in [2.75, 3.05) is 17.9 Å². The molecule has 162 valence electrons. The summed E-state index contributed by atoms with van der Waals surface area (Å²) in [7, 11) is 1.61. The lowest BCUT2D eigenvalue weighted by Crippen LogP contribution is -2.11. The van der Waals surface area contributed by atoms with Crippen molar-refractivity contribution in [1.29, 1.82) is 0 Å². The summed E-state index contributed by atoms with van der Waals surface area (Å²) in [4.78, 5) is 27.6. The minimum absolute atomic E-state index is 0. The Labute approximate surface area is 193 Å². The number of hydrogen-bond donors (Lipinski definition) is 2. The third-order valence-corrected chi connectivity index (χ3v) is 5.21. The summed E-state index contributed by atoms with van der Waals surface area (Å²) in [5.41, 5.74) is 5.30. The van der Waals surface area contributed by atoms with E-state index in [-0.39, 0.29) is 22.7 Å². The van der Waals surface area contributed by atoms with Crippen molar-refractivity contribution in [2.45, 2.75) is 13.8 Å². The van der Waals surface area contributed by atoms with Crippen molar-refractivity contribution in [3.8, 4) is 5.75 Å². The molecule has 0 spiro atoms. The molecular formula is C20H20BrN5O4S. The van der Waals surface area contributed by atoms with Gasteiger partial charge in [0.15, 0.2) is 0 Å². The number of ether oxygens (including phenoxy) is 1. The Morgan fingerprint density at radius 3 is 2.58 bits per heavy atom. The number of amides is 1. The molecule has 0 fully saturated rings. The highest BCUT2D eigenvalue weighted by Gasteiger charge is 2.16. The first-order valence-corrected chi connectivity index (χ1v) is 9.67. The summed E-state index contributed by atoms with van der Waals surface area (Å²) in [6.07, 6.45) is 0. The van der Waals surface area contributed by atoms with Crippen LogP contribution in [0.15, 0.2) is 53.6 Å². The van der Waals surface area contributed by atoms with E-state index < -0.39 is 10.8 Å². The van der Waals surface area contributed by atoms with E-state index in [1.807, 2.05) is 31.2 Å².